The van der Waals surface area contributed by atoms with E-state index < -0.39 is 0 Å². The summed E-state index contributed by atoms with van der Waals surface area (Å²) in [6.45, 7) is 3.78. The quantitative estimate of drug-likeness (QED) is 0.760. The van der Waals surface area contributed by atoms with Gasteiger partial charge in [0.1, 0.15) is 19.0 Å². The Bertz CT molecular complexity index is 599. The van der Waals surface area contributed by atoms with E-state index in [0.717, 1.165) is 34.9 Å². The Kier molecular flexibility index (Phi) is 6.10. The first-order chi connectivity index (χ1) is 10.7. The van der Waals surface area contributed by atoms with E-state index in [9.17, 15) is 0 Å². The second-order valence-electron chi connectivity index (χ2n) is 4.98. The number of aryl methyl sites for hydroxylation is 1. The fraction of sp³-hybridized carbons (Fsp3) is 0.333. The molecule has 0 aliphatic heterocycles. The molecular formula is C18H23NO3. The van der Waals surface area contributed by atoms with Crippen LogP contribution in [0, 0.1) is 6.92 Å². The van der Waals surface area contributed by atoms with E-state index >= 15 is 0 Å². The molecule has 0 bridgehead atoms. The van der Waals surface area contributed by atoms with Crippen LogP contribution in [0.15, 0.2) is 42.5 Å². The van der Waals surface area contributed by atoms with Crippen molar-refractivity contribution in [2.24, 2.45) is 0 Å². The molecule has 118 valence electrons. The SMILES string of the molecule is CNCc1ccc(OC)c(OCCOc2ccccc2C)c1. The largest absolute Gasteiger partial charge is 0.493 e. The first kappa shape index (κ1) is 16.2. The van der Waals surface area contributed by atoms with Crippen LogP contribution >= 0.6 is 0 Å². The summed E-state index contributed by atoms with van der Waals surface area (Å²) in [6.07, 6.45) is 0. The molecule has 0 saturated heterocycles. The fourth-order valence-electron chi connectivity index (χ4n) is 2.17. The van der Waals surface area contributed by atoms with E-state index in [1.54, 1.807) is 7.11 Å². The standard InChI is InChI=1S/C18H23NO3/c1-14-6-4-5-7-16(14)21-10-11-22-18-12-15(13-19-2)8-9-17(18)20-3/h4-9,12,19H,10-11,13H2,1-3H3. The summed E-state index contributed by atoms with van der Waals surface area (Å²) in [5.41, 5.74) is 2.27. The van der Waals surface area contributed by atoms with Gasteiger partial charge in [-0.3, -0.25) is 0 Å². The van der Waals surface area contributed by atoms with Crippen molar-refractivity contribution >= 4 is 0 Å². The molecule has 2 aromatic carbocycles. The summed E-state index contributed by atoms with van der Waals surface area (Å²) in [6, 6.07) is 13.9. The normalized spacial score (nSPS) is 10.3. The molecule has 0 aliphatic carbocycles. The molecule has 2 rings (SSSR count). The Morgan fingerprint density at radius 3 is 2.32 bits per heavy atom. The lowest BCUT2D eigenvalue weighted by molar-refractivity contribution is 0.210. The van der Waals surface area contributed by atoms with Gasteiger partial charge in [-0.25, -0.2) is 0 Å². The molecular weight excluding hydrogens is 278 g/mol. The zero-order valence-corrected chi connectivity index (χ0v) is 13.4. The highest BCUT2D eigenvalue weighted by Crippen LogP contribution is 2.28. The van der Waals surface area contributed by atoms with E-state index in [-0.39, 0.29) is 0 Å². The second-order valence-corrected chi connectivity index (χ2v) is 4.98. The van der Waals surface area contributed by atoms with Crippen LogP contribution in [0.1, 0.15) is 11.1 Å². The molecule has 4 nitrogen and oxygen atoms in total. The molecule has 0 unspecified atom stereocenters. The van der Waals surface area contributed by atoms with Gasteiger partial charge in [-0.15, -0.1) is 0 Å². The molecule has 0 radical (unpaired) electrons. The van der Waals surface area contributed by atoms with E-state index in [1.807, 2.05) is 56.4 Å². The number of ether oxygens (including phenoxy) is 3. The number of hydrogen-bond donors (Lipinski definition) is 1. The van der Waals surface area contributed by atoms with Crippen molar-refractivity contribution in [3.8, 4) is 17.2 Å². The average Bonchev–Trinajstić information content (AvgIpc) is 2.54. The third kappa shape index (κ3) is 4.40. The monoisotopic (exact) mass is 301 g/mol. The minimum atomic E-state index is 0.466. The van der Waals surface area contributed by atoms with Crippen molar-refractivity contribution in [2.45, 2.75) is 13.5 Å². The molecule has 0 saturated carbocycles. The zero-order valence-electron chi connectivity index (χ0n) is 13.4. The summed E-state index contributed by atoms with van der Waals surface area (Å²) < 4.78 is 16.9. The predicted octanol–water partition coefficient (Wildman–Crippen LogP) is 3.18. The molecule has 0 heterocycles. The summed E-state index contributed by atoms with van der Waals surface area (Å²) >= 11 is 0. The number of para-hydroxylation sites is 1. The van der Waals surface area contributed by atoms with Gasteiger partial charge in [-0.05, 0) is 43.3 Å². The summed E-state index contributed by atoms with van der Waals surface area (Å²) in [4.78, 5) is 0. The van der Waals surface area contributed by atoms with Crippen molar-refractivity contribution in [3.63, 3.8) is 0 Å². The number of rotatable bonds is 8. The highest BCUT2D eigenvalue weighted by molar-refractivity contribution is 5.43. The maximum absolute atomic E-state index is 5.80. The smallest absolute Gasteiger partial charge is 0.161 e. The number of methoxy groups -OCH3 is 1. The first-order valence-electron chi connectivity index (χ1n) is 7.37. The molecule has 0 atom stereocenters. The Balaban J connectivity index is 1.90. The lowest BCUT2D eigenvalue weighted by atomic mass is 10.2. The first-order valence-corrected chi connectivity index (χ1v) is 7.37. The maximum atomic E-state index is 5.80. The van der Waals surface area contributed by atoms with Gasteiger partial charge in [0, 0.05) is 6.54 Å². The summed E-state index contributed by atoms with van der Waals surface area (Å²) in [7, 11) is 3.56. The van der Waals surface area contributed by atoms with Crippen molar-refractivity contribution in [1.29, 1.82) is 0 Å². The van der Waals surface area contributed by atoms with Gasteiger partial charge >= 0.3 is 0 Å². The molecule has 22 heavy (non-hydrogen) atoms. The van der Waals surface area contributed by atoms with Crippen LogP contribution in [0.2, 0.25) is 0 Å². The Morgan fingerprint density at radius 1 is 0.909 bits per heavy atom. The van der Waals surface area contributed by atoms with E-state index in [2.05, 4.69) is 5.32 Å². The van der Waals surface area contributed by atoms with Gasteiger partial charge in [0.25, 0.3) is 0 Å². The molecule has 2 aromatic rings. The van der Waals surface area contributed by atoms with Crippen LogP contribution in [0.25, 0.3) is 0 Å². The van der Waals surface area contributed by atoms with E-state index in [1.165, 1.54) is 0 Å². The maximum Gasteiger partial charge on any atom is 0.161 e. The Labute approximate surface area is 132 Å². The number of nitrogens with one attached hydrogen (secondary N) is 1. The number of hydrogen-bond acceptors (Lipinski definition) is 4. The lowest BCUT2D eigenvalue weighted by Crippen LogP contribution is -2.11. The van der Waals surface area contributed by atoms with Crippen LogP contribution in [-0.2, 0) is 6.54 Å². The zero-order chi connectivity index (χ0) is 15.8. The van der Waals surface area contributed by atoms with Crippen LogP contribution in [0.5, 0.6) is 17.2 Å². The van der Waals surface area contributed by atoms with Gasteiger partial charge in [-0.1, -0.05) is 24.3 Å². The molecule has 0 aromatic heterocycles. The molecule has 4 heteroatoms. The van der Waals surface area contributed by atoms with Gasteiger partial charge in [-0.2, -0.15) is 0 Å². The highest BCUT2D eigenvalue weighted by atomic mass is 16.5. The van der Waals surface area contributed by atoms with Crippen molar-refractivity contribution in [1.82, 2.24) is 5.32 Å². The lowest BCUT2D eigenvalue weighted by Gasteiger charge is -2.13. The van der Waals surface area contributed by atoms with Crippen molar-refractivity contribution in [3.05, 3.63) is 53.6 Å². The third-order valence-electron chi connectivity index (χ3n) is 3.30. The average molecular weight is 301 g/mol. The minimum Gasteiger partial charge on any atom is -0.493 e. The van der Waals surface area contributed by atoms with Crippen molar-refractivity contribution in [2.75, 3.05) is 27.4 Å². The van der Waals surface area contributed by atoms with E-state index in [4.69, 9.17) is 14.2 Å². The highest BCUT2D eigenvalue weighted by Gasteiger charge is 2.06. The molecule has 0 amide bonds. The topological polar surface area (TPSA) is 39.7 Å². The van der Waals surface area contributed by atoms with Crippen LogP contribution in [0.3, 0.4) is 0 Å². The molecule has 1 N–H and O–H groups in total. The Morgan fingerprint density at radius 2 is 1.64 bits per heavy atom. The summed E-state index contributed by atoms with van der Waals surface area (Å²) in [5.74, 6) is 2.36. The van der Waals surface area contributed by atoms with Gasteiger partial charge in [0.2, 0.25) is 0 Å². The molecule has 0 fully saturated rings. The Hall–Kier alpha value is -2.20. The van der Waals surface area contributed by atoms with Gasteiger partial charge < -0.3 is 19.5 Å². The van der Waals surface area contributed by atoms with Gasteiger partial charge in [0.05, 0.1) is 7.11 Å². The third-order valence-corrected chi connectivity index (χ3v) is 3.30. The van der Waals surface area contributed by atoms with Crippen LogP contribution < -0.4 is 19.5 Å². The van der Waals surface area contributed by atoms with Gasteiger partial charge in [0.15, 0.2) is 11.5 Å². The van der Waals surface area contributed by atoms with Crippen LogP contribution in [0.4, 0.5) is 0 Å². The molecule has 0 spiro atoms. The van der Waals surface area contributed by atoms with E-state index in [0.29, 0.717) is 13.2 Å². The molecule has 0 aliphatic rings. The predicted molar refractivity (Wildman–Crippen MR) is 87.9 cm³/mol. The second kappa shape index (κ2) is 8.29. The van der Waals surface area contributed by atoms with Crippen molar-refractivity contribution < 1.29 is 14.2 Å². The fourth-order valence-corrected chi connectivity index (χ4v) is 2.17. The number of benzene rings is 2. The van der Waals surface area contributed by atoms with Crippen LogP contribution in [-0.4, -0.2) is 27.4 Å². The minimum absolute atomic E-state index is 0.466. The summed E-state index contributed by atoms with van der Waals surface area (Å²) in [5, 5.41) is 3.12.